The Kier molecular flexibility index (Phi) is 7.12. The predicted octanol–water partition coefficient (Wildman–Crippen LogP) is 2.05. The second-order valence-corrected chi connectivity index (χ2v) is 7.84. The molecule has 3 N–H and O–H groups in total. The van der Waals surface area contributed by atoms with E-state index in [0.717, 1.165) is 11.0 Å². The Labute approximate surface area is 193 Å². The second kappa shape index (κ2) is 9.99. The van der Waals surface area contributed by atoms with Gasteiger partial charge in [-0.1, -0.05) is 23.7 Å². The highest BCUT2D eigenvalue weighted by atomic mass is 16.5. The molecular formula is C24H26BN5O3. The van der Waals surface area contributed by atoms with E-state index < -0.39 is 11.8 Å². The summed E-state index contributed by atoms with van der Waals surface area (Å²) in [5.41, 5.74) is 3.38. The summed E-state index contributed by atoms with van der Waals surface area (Å²) < 4.78 is 5.45. The molecule has 3 aromatic rings. The Morgan fingerprint density at radius 2 is 1.67 bits per heavy atom. The maximum atomic E-state index is 13.1. The van der Waals surface area contributed by atoms with Gasteiger partial charge in [0, 0.05) is 31.4 Å². The van der Waals surface area contributed by atoms with Crippen molar-refractivity contribution in [2.45, 2.75) is 6.92 Å². The van der Waals surface area contributed by atoms with E-state index in [1.807, 2.05) is 20.8 Å². The number of aryl methyl sites for hydroxylation is 1. The van der Waals surface area contributed by atoms with Crippen LogP contribution in [0.3, 0.4) is 0 Å². The van der Waals surface area contributed by atoms with Crippen molar-refractivity contribution in [3.8, 4) is 5.75 Å². The van der Waals surface area contributed by atoms with Gasteiger partial charge in [-0.25, -0.2) is 4.98 Å². The van der Waals surface area contributed by atoms with Crippen molar-refractivity contribution in [2.75, 3.05) is 31.8 Å². The van der Waals surface area contributed by atoms with Crippen molar-refractivity contribution < 1.29 is 14.3 Å². The fraction of sp³-hybridized carbons (Fsp3) is 0.167. The van der Waals surface area contributed by atoms with Crippen LogP contribution in [0.5, 0.6) is 5.75 Å². The molecule has 0 radical (unpaired) electrons. The van der Waals surface area contributed by atoms with Gasteiger partial charge in [0.05, 0.1) is 18.4 Å². The van der Waals surface area contributed by atoms with Gasteiger partial charge in [0.2, 0.25) is 0 Å². The van der Waals surface area contributed by atoms with Gasteiger partial charge < -0.3 is 20.3 Å². The number of nitrogens with zero attached hydrogens (tertiary/aromatic N) is 2. The molecule has 1 aromatic heterocycles. The molecule has 0 spiro atoms. The van der Waals surface area contributed by atoms with Crippen molar-refractivity contribution in [2.24, 2.45) is 0 Å². The predicted molar refractivity (Wildman–Crippen MR) is 133 cm³/mol. The third-order valence-electron chi connectivity index (χ3n) is 4.97. The molecule has 0 aliphatic rings. The van der Waals surface area contributed by atoms with Gasteiger partial charge >= 0.3 is 0 Å². The van der Waals surface area contributed by atoms with Crippen LogP contribution in [0.2, 0.25) is 0 Å². The van der Waals surface area contributed by atoms with E-state index in [1.165, 1.54) is 7.11 Å². The number of hydrogen-bond donors (Lipinski definition) is 3. The van der Waals surface area contributed by atoms with Crippen LogP contribution in [-0.2, 0) is 0 Å². The maximum absolute atomic E-state index is 13.1. The smallest absolute Gasteiger partial charge is 0.259 e. The zero-order valence-electron chi connectivity index (χ0n) is 19.3. The fourth-order valence-corrected chi connectivity index (χ4v) is 3.17. The van der Waals surface area contributed by atoms with Crippen LogP contribution in [0.4, 0.5) is 11.5 Å². The normalized spacial score (nSPS) is 10.3. The summed E-state index contributed by atoms with van der Waals surface area (Å²) in [4.78, 5) is 31.9. The number of methoxy groups -OCH3 is 1. The number of amides is 2. The quantitative estimate of drug-likeness (QED) is 0.307. The fourth-order valence-electron chi connectivity index (χ4n) is 3.17. The van der Waals surface area contributed by atoms with Crippen LogP contribution in [0, 0.1) is 12.3 Å². The number of rotatable bonds is 6. The first-order chi connectivity index (χ1) is 15.7. The highest BCUT2D eigenvalue weighted by Gasteiger charge is 2.20. The molecule has 0 bridgehead atoms. The Morgan fingerprint density at radius 1 is 1.00 bits per heavy atom. The monoisotopic (exact) mass is 443 g/mol. The minimum atomic E-state index is -0.418. The number of carbonyl (C=O) groups excluding carboxylic acids is 2. The number of pyridine rings is 1. The SMILES string of the molecule is Bc1ccc(NC(=O)c2cc(C)cc(OC)c2NC(=O)c2ccc(C(=N)N(C)C)cc2)nc1. The molecular weight excluding hydrogens is 417 g/mol. The summed E-state index contributed by atoms with van der Waals surface area (Å²) in [5.74, 6) is 0.297. The molecule has 168 valence electrons. The number of amidine groups is 1. The standard InChI is InChI=1S/C24H26BN5O3/c1-14-11-18(24(32)28-20-10-9-17(25)13-27-20)21(19(12-14)33-4)29-23(31)16-7-5-15(6-8-16)22(26)30(2)3/h5-13,26H,25H2,1-4H3,(H,29,31)(H,27,28,32). The molecule has 33 heavy (non-hydrogen) atoms. The minimum absolute atomic E-state index is 0.258. The van der Waals surface area contributed by atoms with E-state index >= 15 is 0 Å². The molecule has 0 aliphatic heterocycles. The zero-order chi connectivity index (χ0) is 24.1. The third-order valence-corrected chi connectivity index (χ3v) is 4.97. The van der Waals surface area contributed by atoms with E-state index in [4.69, 9.17) is 10.1 Å². The second-order valence-electron chi connectivity index (χ2n) is 7.84. The zero-order valence-corrected chi connectivity index (χ0v) is 19.3. The number of ether oxygens (including phenoxy) is 1. The van der Waals surface area contributed by atoms with Gasteiger partial charge in [-0.3, -0.25) is 15.0 Å². The van der Waals surface area contributed by atoms with Crippen LogP contribution in [0.15, 0.2) is 54.7 Å². The van der Waals surface area contributed by atoms with Crippen molar-refractivity contribution in [3.63, 3.8) is 0 Å². The number of benzene rings is 2. The Hall–Kier alpha value is -4.14. The molecule has 3 rings (SSSR count). The van der Waals surface area contributed by atoms with E-state index in [2.05, 4.69) is 15.6 Å². The number of hydrogen-bond acceptors (Lipinski definition) is 5. The first-order valence-electron chi connectivity index (χ1n) is 10.3. The first kappa shape index (κ1) is 23.5. The highest BCUT2D eigenvalue weighted by molar-refractivity contribution is 6.32. The average molecular weight is 443 g/mol. The lowest BCUT2D eigenvalue weighted by Gasteiger charge is -2.17. The molecule has 0 saturated heterocycles. The molecule has 0 unspecified atom stereocenters. The van der Waals surface area contributed by atoms with Crippen molar-refractivity contribution >= 4 is 42.5 Å². The van der Waals surface area contributed by atoms with Crippen LogP contribution in [-0.4, -0.2) is 56.6 Å². The lowest BCUT2D eigenvalue weighted by atomic mass is 9.99. The average Bonchev–Trinajstić information content (AvgIpc) is 2.80. The lowest BCUT2D eigenvalue weighted by Crippen LogP contribution is -2.22. The van der Waals surface area contributed by atoms with Gasteiger partial charge in [0.15, 0.2) is 0 Å². The molecule has 0 saturated carbocycles. The Morgan fingerprint density at radius 3 is 2.24 bits per heavy atom. The van der Waals surface area contributed by atoms with Crippen LogP contribution in [0.1, 0.15) is 31.8 Å². The van der Waals surface area contributed by atoms with Gasteiger partial charge in [0.1, 0.15) is 25.2 Å². The van der Waals surface area contributed by atoms with Crippen LogP contribution < -0.4 is 20.8 Å². The molecule has 9 heteroatoms. The summed E-state index contributed by atoms with van der Waals surface area (Å²) in [6.07, 6.45) is 1.66. The van der Waals surface area contributed by atoms with Crippen molar-refractivity contribution in [3.05, 3.63) is 77.0 Å². The van der Waals surface area contributed by atoms with Crippen LogP contribution in [0.25, 0.3) is 0 Å². The minimum Gasteiger partial charge on any atom is -0.495 e. The number of nitrogens with one attached hydrogen (secondary N) is 3. The van der Waals surface area contributed by atoms with Crippen LogP contribution >= 0.6 is 0 Å². The molecule has 8 nitrogen and oxygen atoms in total. The summed E-state index contributed by atoms with van der Waals surface area (Å²) in [7, 11) is 6.96. The summed E-state index contributed by atoms with van der Waals surface area (Å²) in [5, 5.41) is 13.6. The number of anilines is 2. The summed E-state index contributed by atoms with van der Waals surface area (Å²) in [6, 6.07) is 13.7. The summed E-state index contributed by atoms with van der Waals surface area (Å²) >= 11 is 0. The largest absolute Gasteiger partial charge is 0.495 e. The van der Waals surface area contributed by atoms with E-state index in [-0.39, 0.29) is 11.3 Å². The van der Waals surface area contributed by atoms with Gasteiger partial charge in [0.25, 0.3) is 11.8 Å². The highest BCUT2D eigenvalue weighted by Crippen LogP contribution is 2.31. The van der Waals surface area contributed by atoms with E-state index in [0.29, 0.717) is 28.5 Å². The molecule has 1 heterocycles. The van der Waals surface area contributed by atoms with Gasteiger partial charge in [-0.05, 0) is 42.8 Å². The van der Waals surface area contributed by atoms with E-state index in [1.54, 1.807) is 67.7 Å². The summed E-state index contributed by atoms with van der Waals surface area (Å²) in [6.45, 7) is 1.84. The van der Waals surface area contributed by atoms with Gasteiger partial charge in [-0.15, -0.1) is 0 Å². The molecule has 0 atom stereocenters. The number of aromatic nitrogens is 1. The Balaban J connectivity index is 1.90. The third kappa shape index (κ3) is 5.57. The van der Waals surface area contributed by atoms with Gasteiger partial charge in [-0.2, -0.15) is 0 Å². The van der Waals surface area contributed by atoms with Crippen molar-refractivity contribution in [1.29, 1.82) is 5.41 Å². The maximum Gasteiger partial charge on any atom is 0.259 e. The van der Waals surface area contributed by atoms with E-state index in [9.17, 15) is 9.59 Å². The number of carbonyl (C=O) groups is 2. The lowest BCUT2D eigenvalue weighted by molar-refractivity contribution is 0.102. The molecule has 2 amide bonds. The van der Waals surface area contributed by atoms with Crippen molar-refractivity contribution in [1.82, 2.24) is 9.88 Å². The topological polar surface area (TPSA) is 107 Å². The Bertz CT molecular complexity index is 1190. The molecule has 0 fully saturated rings. The molecule has 0 aliphatic carbocycles. The molecule has 2 aromatic carbocycles. The first-order valence-corrected chi connectivity index (χ1v) is 10.3.